The number of hydrogen-bond donors (Lipinski definition) is 3. The molecule has 0 spiro atoms. The van der Waals surface area contributed by atoms with E-state index in [1.165, 1.54) is 44.5 Å². The van der Waals surface area contributed by atoms with Crippen molar-refractivity contribution >= 4 is 0 Å². The third-order valence-electron chi connectivity index (χ3n) is 5.21. The Balaban J connectivity index is 1.59. The maximum atomic E-state index is 4.29. The number of pyridine rings is 1. The molecule has 0 aliphatic carbocycles. The van der Waals surface area contributed by atoms with Crippen LogP contribution in [0, 0.1) is 5.92 Å². The van der Waals surface area contributed by atoms with Crippen molar-refractivity contribution in [1.82, 2.24) is 25.8 Å². The number of nitrogens with one attached hydrogen (secondary N) is 3. The van der Waals surface area contributed by atoms with Crippen molar-refractivity contribution < 1.29 is 0 Å². The Morgan fingerprint density at radius 1 is 1.04 bits per heavy atom. The van der Waals surface area contributed by atoms with Crippen LogP contribution >= 0.6 is 0 Å². The average Bonchev–Trinajstić information content (AvgIpc) is 2.61. The number of aromatic nitrogens is 1. The lowest BCUT2D eigenvalue weighted by molar-refractivity contribution is 0.161. The quantitative estimate of drug-likeness (QED) is 0.751. The lowest BCUT2D eigenvalue weighted by atomic mass is 9.94. The van der Waals surface area contributed by atoms with Crippen molar-refractivity contribution in [3.05, 3.63) is 30.1 Å². The van der Waals surface area contributed by atoms with E-state index in [4.69, 9.17) is 0 Å². The summed E-state index contributed by atoms with van der Waals surface area (Å²) in [6, 6.07) is 4.94. The molecule has 5 heteroatoms. The van der Waals surface area contributed by atoms with Crippen LogP contribution in [0.5, 0.6) is 0 Å². The summed E-state index contributed by atoms with van der Waals surface area (Å²) in [5.41, 5.74) is 1.37. The Hall–Kier alpha value is -1.01. The van der Waals surface area contributed by atoms with E-state index in [9.17, 15) is 0 Å². The van der Waals surface area contributed by atoms with Crippen molar-refractivity contribution in [2.24, 2.45) is 5.92 Å². The molecule has 2 bridgehead atoms. The Morgan fingerprint density at radius 2 is 1.92 bits per heavy atom. The van der Waals surface area contributed by atoms with E-state index in [-0.39, 0.29) is 0 Å². The number of rotatable bonds is 2. The van der Waals surface area contributed by atoms with Gasteiger partial charge < -0.3 is 20.9 Å². The minimum absolute atomic E-state index is 0.667. The van der Waals surface area contributed by atoms with Gasteiger partial charge in [-0.3, -0.25) is 4.98 Å². The molecule has 134 valence electrons. The van der Waals surface area contributed by atoms with Crippen LogP contribution < -0.4 is 16.0 Å². The second-order valence-corrected chi connectivity index (χ2v) is 7.27. The summed E-state index contributed by atoms with van der Waals surface area (Å²) in [7, 11) is 0. The van der Waals surface area contributed by atoms with Gasteiger partial charge in [0.2, 0.25) is 0 Å². The van der Waals surface area contributed by atoms with Crippen molar-refractivity contribution in [2.45, 2.75) is 31.7 Å². The lowest BCUT2D eigenvalue weighted by Crippen LogP contribution is -2.49. The first-order valence-electron chi connectivity index (χ1n) is 9.66. The highest BCUT2D eigenvalue weighted by atomic mass is 15.2. The van der Waals surface area contributed by atoms with Gasteiger partial charge >= 0.3 is 0 Å². The first-order chi connectivity index (χ1) is 11.9. The first kappa shape index (κ1) is 17.8. The zero-order valence-corrected chi connectivity index (χ0v) is 14.8. The summed E-state index contributed by atoms with van der Waals surface area (Å²) in [4.78, 5) is 6.97. The summed E-state index contributed by atoms with van der Waals surface area (Å²) in [6.07, 6.45) is 8.93. The molecule has 2 aliphatic heterocycles. The molecule has 0 radical (unpaired) electrons. The predicted octanol–water partition coefficient (Wildman–Crippen LogP) is 0.877. The van der Waals surface area contributed by atoms with Gasteiger partial charge in [0, 0.05) is 57.7 Å². The predicted molar refractivity (Wildman–Crippen MR) is 99.3 cm³/mol. The fourth-order valence-corrected chi connectivity index (χ4v) is 3.96. The Morgan fingerprint density at radius 3 is 2.79 bits per heavy atom. The number of hydrogen-bond acceptors (Lipinski definition) is 5. The summed E-state index contributed by atoms with van der Waals surface area (Å²) >= 11 is 0. The second-order valence-electron chi connectivity index (χ2n) is 7.27. The first-order valence-corrected chi connectivity index (χ1v) is 9.66. The molecule has 3 heterocycles. The van der Waals surface area contributed by atoms with Crippen molar-refractivity contribution in [1.29, 1.82) is 0 Å². The normalized spacial score (nSPS) is 30.4. The highest BCUT2D eigenvalue weighted by molar-refractivity contribution is 5.09. The summed E-state index contributed by atoms with van der Waals surface area (Å²) in [5.74, 6) is 0.705. The molecule has 5 nitrogen and oxygen atoms in total. The van der Waals surface area contributed by atoms with Crippen LogP contribution in [0.2, 0.25) is 0 Å². The molecule has 3 unspecified atom stereocenters. The lowest BCUT2D eigenvalue weighted by Gasteiger charge is -2.36. The Bertz CT molecular complexity index is 452. The number of nitrogens with zero attached hydrogens (tertiary/aromatic N) is 2. The smallest absolute Gasteiger partial charge is 0.0299 e. The Kier molecular flexibility index (Phi) is 7.48. The highest BCUT2D eigenvalue weighted by Crippen LogP contribution is 2.17. The third kappa shape index (κ3) is 6.13. The maximum absolute atomic E-state index is 4.29. The Labute approximate surface area is 146 Å². The van der Waals surface area contributed by atoms with Gasteiger partial charge in [0.25, 0.3) is 0 Å². The fourth-order valence-electron chi connectivity index (χ4n) is 3.96. The standard InChI is InChI=1S/C19H33N5/c1-3-17(14-22-6-1)13-18-5-7-20-8-9-21-10-11-23-19-4-2-12-24(15-18)16-19/h1,3,6,14,18-21,23H,2,4-5,7-13,15-16H2. The molecule has 0 aromatic carbocycles. The molecular weight excluding hydrogens is 298 g/mol. The van der Waals surface area contributed by atoms with Crippen LogP contribution in [0.15, 0.2) is 24.5 Å². The van der Waals surface area contributed by atoms with Crippen LogP contribution in [0.1, 0.15) is 24.8 Å². The zero-order valence-electron chi connectivity index (χ0n) is 14.8. The van der Waals surface area contributed by atoms with E-state index < -0.39 is 0 Å². The molecule has 0 saturated carbocycles. The van der Waals surface area contributed by atoms with Crippen molar-refractivity contribution in [3.63, 3.8) is 0 Å². The maximum Gasteiger partial charge on any atom is 0.0299 e. The molecule has 3 N–H and O–H groups in total. The van der Waals surface area contributed by atoms with Crippen LogP contribution in [-0.2, 0) is 6.42 Å². The topological polar surface area (TPSA) is 52.2 Å². The van der Waals surface area contributed by atoms with Crippen LogP contribution in [0.25, 0.3) is 0 Å². The van der Waals surface area contributed by atoms with Gasteiger partial charge in [-0.2, -0.15) is 0 Å². The minimum Gasteiger partial charge on any atom is -0.315 e. The number of piperidine rings is 1. The van der Waals surface area contributed by atoms with E-state index >= 15 is 0 Å². The van der Waals surface area contributed by atoms with Gasteiger partial charge in [-0.05, 0) is 56.3 Å². The van der Waals surface area contributed by atoms with Crippen molar-refractivity contribution in [2.75, 3.05) is 52.4 Å². The summed E-state index contributed by atoms with van der Waals surface area (Å²) < 4.78 is 0. The SMILES string of the molecule is c1cncc(CC2CCNCCNCCNC3CCCN(C2)C3)c1. The van der Waals surface area contributed by atoms with Crippen LogP contribution in [-0.4, -0.2) is 68.3 Å². The van der Waals surface area contributed by atoms with Gasteiger partial charge in [-0.1, -0.05) is 6.07 Å². The highest BCUT2D eigenvalue weighted by Gasteiger charge is 2.22. The van der Waals surface area contributed by atoms with E-state index in [1.54, 1.807) is 0 Å². The molecule has 0 amide bonds. The van der Waals surface area contributed by atoms with E-state index in [1.807, 2.05) is 12.4 Å². The minimum atomic E-state index is 0.667. The monoisotopic (exact) mass is 331 g/mol. The largest absolute Gasteiger partial charge is 0.315 e. The van der Waals surface area contributed by atoms with E-state index in [2.05, 4.69) is 38.0 Å². The van der Waals surface area contributed by atoms with Crippen molar-refractivity contribution in [3.8, 4) is 0 Å². The third-order valence-corrected chi connectivity index (χ3v) is 5.21. The van der Waals surface area contributed by atoms with E-state index in [0.717, 1.165) is 39.1 Å². The summed E-state index contributed by atoms with van der Waals surface area (Å²) in [5, 5.41) is 10.8. The molecule has 24 heavy (non-hydrogen) atoms. The molecule has 1 aromatic heterocycles. The molecule has 2 aliphatic rings. The second kappa shape index (κ2) is 10.1. The molecule has 2 saturated heterocycles. The molecular formula is C19H33N5. The molecule has 1 aromatic rings. The van der Waals surface area contributed by atoms with Crippen LogP contribution in [0.3, 0.4) is 0 Å². The van der Waals surface area contributed by atoms with Gasteiger partial charge in [-0.25, -0.2) is 0 Å². The average molecular weight is 332 g/mol. The van der Waals surface area contributed by atoms with Crippen LogP contribution in [0.4, 0.5) is 0 Å². The number of fused-ring (bicyclic) bond motifs is 2. The van der Waals surface area contributed by atoms with E-state index in [0.29, 0.717) is 12.0 Å². The summed E-state index contributed by atoms with van der Waals surface area (Å²) in [6.45, 7) is 9.07. The molecule has 2 fully saturated rings. The van der Waals surface area contributed by atoms with Gasteiger partial charge in [0.1, 0.15) is 0 Å². The molecule has 3 atom stereocenters. The fraction of sp³-hybridized carbons (Fsp3) is 0.737. The van der Waals surface area contributed by atoms with Gasteiger partial charge in [0.05, 0.1) is 0 Å². The van der Waals surface area contributed by atoms with Gasteiger partial charge in [-0.15, -0.1) is 0 Å². The zero-order chi connectivity index (χ0) is 16.5. The molecule has 3 rings (SSSR count). The van der Waals surface area contributed by atoms with Gasteiger partial charge in [0.15, 0.2) is 0 Å².